The van der Waals surface area contributed by atoms with E-state index in [2.05, 4.69) is 10.3 Å². The third kappa shape index (κ3) is 2.23. The first kappa shape index (κ1) is 10.5. The van der Waals surface area contributed by atoms with Crippen LogP contribution < -0.4 is 10.2 Å². The molecule has 0 heterocycles. The van der Waals surface area contributed by atoms with Gasteiger partial charge in [-0.25, -0.2) is 5.48 Å². The second-order valence-electron chi connectivity index (χ2n) is 2.84. The summed E-state index contributed by atoms with van der Waals surface area (Å²) in [4.78, 5) is 16.0. The van der Waals surface area contributed by atoms with E-state index in [1.54, 1.807) is 12.1 Å². The van der Waals surface area contributed by atoms with E-state index >= 15 is 0 Å². The molecule has 0 atom stereocenters. The molecular formula is C10H13NO3. The Bertz CT molecular complexity index is 336. The zero-order chi connectivity index (χ0) is 10.6. The van der Waals surface area contributed by atoms with Crippen molar-refractivity contribution in [3.63, 3.8) is 0 Å². The van der Waals surface area contributed by atoms with E-state index in [1.807, 2.05) is 13.0 Å². The van der Waals surface area contributed by atoms with Gasteiger partial charge in [-0.2, -0.15) is 0 Å². The van der Waals surface area contributed by atoms with E-state index in [0.29, 0.717) is 11.3 Å². The van der Waals surface area contributed by atoms with Gasteiger partial charge in [-0.3, -0.25) is 9.63 Å². The van der Waals surface area contributed by atoms with E-state index in [9.17, 15) is 4.79 Å². The standard InChI is InChI=1S/C10H13NO3/c1-7-4-5-9(13-2)8(6-7)10(12)11-14-3/h4-6H,1-3H3,(H,11,12). The third-order valence-electron chi connectivity index (χ3n) is 1.79. The van der Waals surface area contributed by atoms with Crippen LogP contribution in [0.4, 0.5) is 0 Å². The van der Waals surface area contributed by atoms with Crippen molar-refractivity contribution in [1.29, 1.82) is 0 Å². The lowest BCUT2D eigenvalue weighted by atomic mass is 10.1. The van der Waals surface area contributed by atoms with Crippen LogP contribution in [0.3, 0.4) is 0 Å². The summed E-state index contributed by atoms with van der Waals surface area (Å²) < 4.78 is 5.05. The Balaban J connectivity index is 3.03. The van der Waals surface area contributed by atoms with Crippen LogP contribution in [0.5, 0.6) is 5.75 Å². The molecule has 0 saturated heterocycles. The summed E-state index contributed by atoms with van der Waals surface area (Å²) in [7, 11) is 2.91. The molecule has 1 aromatic rings. The number of amides is 1. The predicted molar refractivity (Wildman–Crippen MR) is 52.2 cm³/mol. The molecule has 0 aliphatic carbocycles. The largest absolute Gasteiger partial charge is 0.496 e. The number of carbonyl (C=O) groups excluding carboxylic acids is 1. The van der Waals surface area contributed by atoms with Crippen LogP contribution in [0.2, 0.25) is 0 Å². The van der Waals surface area contributed by atoms with Crippen molar-refractivity contribution in [1.82, 2.24) is 5.48 Å². The second-order valence-corrected chi connectivity index (χ2v) is 2.84. The van der Waals surface area contributed by atoms with Gasteiger partial charge in [0.1, 0.15) is 5.75 Å². The fourth-order valence-electron chi connectivity index (χ4n) is 1.15. The fourth-order valence-corrected chi connectivity index (χ4v) is 1.15. The SMILES string of the molecule is CONC(=O)c1cc(C)ccc1OC. The maximum Gasteiger partial charge on any atom is 0.278 e. The molecule has 0 aliphatic rings. The van der Waals surface area contributed by atoms with Crippen molar-refractivity contribution >= 4 is 5.91 Å². The van der Waals surface area contributed by atoms with Gasteiger partial charge >= 0.3 is 0 Å². The Kier molecular flexibility index (Phi) is 3.48. The Labute approximate surface area is 82.8 Å². The molecule has 1 aromatic carbocycles. The van der Waals surface area contributed by atoms with Crippen LogP contribution in [-0.2, 0) is 4.84 Å². The van der Waals surface area contributed by atoms with Crippen LogP contribution in [-0.4, -0.2) is 20.1 Å². The maximum atomic E-state index is 11.5. The predicted octanol–water partition coefficient (Wildman–Crippen LogP) is 1.29. The molecule has 4 heteroatoms. The van der Waals surface area contributed by atoms with Crippen molar-refractivity contribution < 1.29 is 14.4 Å². The summed E-state index contributed by atoms with van der Waals surface area (Å²) in [6.45, 7) is 1.91. The Morgan fingerprint density at radius 1 is 1.36 bits per heavy atom. The summed E-state index contributed by atoms with van der Waals surface area (Å²) in [5, 5.41) is 0. The minimum absolute atomic E-state index is 0.312. The average molecular weight is 195 g/mol. The molecule has 0 saturated carbocycles. The highest BCUT2D eigenvalue weighted by atomic mass is 16.6. The van der Waals surface area contributed by atoms with Gasteiger partial charge in [-0.15, -0.1) is 0 Å². The Morgan fingerprint density at radius 2 is 2.07 bits per heavy atom. The normalized spacial score (nSPS) is 9.64. The molecule has 0 spiro atoms. The van der Waals surface area contributed by atoms with Crippen molar-refractivity contribution in [3.8, 4) is 5.75 Å². The number of hydrogen-bond acceptors (Lipinski definition) is 3. The van der Waals surface area contributed by atoms with Crippen molar-refractivity contribution in [2.24, 2.45) is 0 Å². The first-order valence-electron chi connectivity index (χ1n) is 4.17. The lowest BCUT2D eigenvalue weighted by molar-refractivity contribution is 0.0534. The molecule has 0 aromatic heterocycles. The third-order valence-corrected chi connectivity index (χ3v) is 1.79. The summed E-state index contributed by atoms with van der Waals surface area (Å²) in [5.74, 6) is 0.221. The molecule has 0 fully saturated rings. The van der Waals surface area contributed by atoms with Crippen molar-refractivity contribution in [2.45, 2.75) is 6.92 Å². The van der Waals surface area contributed by atoms with Crippen LogP contribution in [0.15, 0.2) is 18.2 Å². The zero-order valence-corrected chi connectivity index (χ0v) is 8.46. The fraction of sp³-hybridized carbons (Fsp3) is 0.300. The summed E-state index contributed by atoms with van der Waals surface area (Å²) >= 11 is 0. The highest BCUT2D eigenvalue weighted by molar-refractivity contribution is 5.96. The highest BCUT2D eigenvalue weighted by Gasteiger charge is 2.11. The van der Waals surface area contributed by atoms with E-state index in [4.69, 9.17) is 4.74 Å². The van der Waals surface area contributed by atoms with Gasteiger partial charge in [-0.1, -0.05) is 11.6 Å². The Morgan fingerprint density at radius 3 is 2.64 bits per heavy atom. The minimum atomic E-state index is -0.312. The summed E-state index contributed by atoms with van der Waals surface area (Å²) in [6, 6.07) is 5.37. The molecule has 0 unspecified atom stereocenters. The molecule has 76 valence electrons. The number of ether oxygens (including phenoxy) is 1. The minimum Gasteiger partial charge on any atom is -0.496 e. The number of rotatable bonds is 3. The van der Waals surface area contributed by atoms with E-state index in [0.717, 1.165) is 5.56 Å². The Hall–Kier alpha value is -1.55. The summed E-state index contributed by atoms with van der Waals surface area (Å²) in [6.07, 6.45) is 0. The number of aryl methyl sites for hydroxylation is 1. The molecule has 1 N–H and O–H groups in total. The summed E-state index contributed by atoms with van der Waals surface area (Å²) in [5.41, 5.74) is 3.70. The van der Waals surface area contributed by atoms with Crippen LogP contribution in [0, 0.1) is 6.92 Å². The quantitative estimate of drug-likeness (QED) is 0.739. The van der Waals surface area contributed by atoms with Crippen LogP contribution >= 0.6 is 0 Å². The molecule has 14 heavy (non-hydrogen) atoms. The van der Waals surface area contributed by atoms with Gasteiger partial charge in [0, 0.05) is 0 Å². The van der Waals surface area contributed by atoms with Gasteiger partial charge in [0.25, 0.3) is 5.91 Å². The van der Waals surface area contributed by atoms with Gasteiger partial charge in [0.2, 0.25) is 0 Å². The number of methoxy groups -OCH3 is 1. The van der Waals surface area contributed by atoms with Gasteiger partial charge in [-0.05, 0) is 19.1 Å². The highest BCUT2D eigenvalue weighted by Crippen LogP contribution is 2.19. The van der Waals surface area contributed by atoms with Crippen molar-refractivity contribution in [2.75, 3.05) is 14.2 Å². The first-order valence-corrected chi connectivity index (χ1v) is 4.17. The smallest absolute Gasteiger partial charge is 0.278 e. The molecule has 1 amide bonds. The number of carbonyl (C=O) groups is 1. The first-order chi connectivity index (χ1) is 6.69. The van der Waals surface area contributed by atoms with Crippen LogP contribution in [0.1, 0.15) is 15.9 Å². The van der Waals surface area contributed by atoms with Crippen molar-refractivity contribution in [3.05, 3.63) is 29.3 Å². The molecule has 1 rings (SSSR count). The molecule has 0 radical (unpaired) electrons. The number of benzene rings is 1. The number of hydrogen-bond donors (Lipinski definition) is 1. The van der Waals surface area contributed by atoms with E-state index in [-0.39, 0.29) is 5.91 Å². The van der Waals surface area contributed by atoms with Gasteiger partial charge < -0.3 is 4.74 Å². The molecular weight excluding hydrogens is 182 g/mol. The molecule has 4 nitrogen and oxygen atoms in total. The van der Waals surface area contributed by atoms with Gasteiger partial charge in [0.15, 0.2) is 0 Å². The van der Waals surface area contributed by atoms with Crippen LogP contribution in [0.25, 0.3) is 0 Å². The van der Waals surface area contributed by atoms with E-state index < -0.39 is 0 Å². The number of nitrogens with one attached hydrogen (secondary N) is 1. The number of hydroxylamine groups is 1. The average Bonchev–Trinajstić information content (AvgIpc) is 2.18. The zero-order valence-electron chi connectivity index (χ0n) is 8.46. The maximum absolute atomic E-state index is 11.5. The lowest BCUT2D eigenvalue weighted by Crippen LogP contribution is -2.22. The molecule has 0 bridgehead atoms. The topological polar surface area (TPSA) is 47.6 Å². The monoisotopic (exact) mass is 195 g/mol. The van der Waals surface area contributed by atoms with Gasteiger partial charge in [0.05, 0.1) is 19.8 Å². The molecule has 0 aliphatic heterocycles. The van der Waals surface area contributed by atoms with E-state index in [1.165, 1.54) is 14.2 Å². The second kappa shape index (κ2) is 4.62. The lowest BCUT2D eigenvalue weighted by Gasteiger charge is -2.08.